The van der Waals surface area contributed by atoms with Gasteiger partial charge in [0.1, 0.15) is 0 Å². The van der Waals surface area contributed by atoms with Gasteiger partial charge in [-0.25, -0.2) is 23.5 Å². The molecule has 5 nitrogen and oxygen atoms in total. The van der Waals surface area contributed by atoms with E-state index in [-0.39, 0.29) is 34.2 Å². The van der Waals surface area contributed by atoms with Crippen LogP contribution in [0.5, 0.6) is 0 Å². The summed E-state index contributed by atoms with van der Waals surface area (Å²) in [5.41, 5.74) is -0.515. The van der Waals surface area contributed by atoms with Gasteiger partial charge < -0.3 is 0 Å². The second kappa shape index (κ2) is 4.17. The van der Waals surface area contributed by atoms with E-state index in [0.717, 1.165) is 19.3 Å². The second-order valence-corrected chi connectivity index (χ2v) is 6.07. The number of hydrogen-bond acceptors (Lipinski definition) is 2. The zero-order chi connectivity index (χ0) is 13.0. The fraction of sp³-hybridized carbons (Fsp3) is 0.818. The number of halogens is 2. The minimum Gasteiger partial charge on any atom is -0.246 e. The molecule has 0 amide bonds. The van der Waals surface area contributed by atoms with E-state index in [1.54, 1.807) is 0 Å². The maximum absolute atomic E-state index is 12.3. The molecule has 0 N–H and O–H groups in total. The quantitative estimate of drug-likeness (QED) is 0.772. The van der Waals surface area contributed by atoms with Gasteiger partial charge in [-0.15, -0.1) is 23.2 Å². The topological polar surface area (TPSA) is 48.9 Å². The lowest BCUT2D eigenvalue weighted by molar-refractivity contribution is 0.377. The number of fused-ring (bicyclic) bond motifs is 5. The first-order valence-electron chi connectivity index (χ1n) is 6.30. The Balaban J connectivity index is 2.23. The highest BCUT2D eigenvalue weighted by Gasteiger charge is 2.49. The summed E-state index contributed by atoms with van der Waals surface area (Å²) in [5, 5.41) is -0.426. The monoisotopic (exact) mass is 291 g/mol. The van der Waals surface area contributed by atoms with E-state index in [9.17, 15) is 9.59 Å². The van der Waals surface area contributed by atoms with Crippen molar-refractivity contribution in [3.05, 3.63) is 21.0 Å². The molecule has 1 saturated carbocycles. The van der Waals surface area contributed by atoms with Crippen LogP contribution in [0.15, 0.2) is 9.59 Å². The largest absolute Gasteiger partial charge is 0.347 e. The van der Waals surface area contributed by atoms with Crippen LogP contribution < -0.4 is 11.4 Å². The van der Waals surface area contributed by atoms with Crippen LogP contribution in [0.1, 0.15) is 38.3 Å². The maximum atomic E-state index is 12.3. The van der Waals surface area contributed by atoms with Crippen LogP contribution in [0.4, 0.5) is 0 Å². The molecule has 2 heterocycles. The van der Waals surface area contributed by atoms with Crippen molar-refractivity contribution >= 4 is 23.2 Å². The Kier molecular flexibility index (Phi) is 2.86. The third-order valence-electron chi connectivity index (χ3n) is 3.93. The van der Waals surface area contributed by atoms with Crippen molar-refractivity contribution in [2.45, 2.75) is 55.6 Å². The fourth-order valence-corrected chi connectivity index (χ4v) is 4.11. The van der Waals surface area contributed by atoms with Gasteiger partial charge in [-0.2, -0.15) is 0 Å². The van der Waals surface area contributed by atoms with Gasteiger partial charge in [0.25, 0.3) is 0 Å². The van der Waals surface area contributed by atoms with Gasteiger partial charge in [0.05, 0.1) is 22.8 Å². The summed E-state index contributed by atoms with van der Waals surface area (Å²) in [6.07, 6.45) is 2.30. The summed E-state index contributed by atoms with van der Waals surface area (Å²) < 4.78 is 4.31. The smallest absolute Gasteiger partial charge is 0.246 e. The van der Waals surface area contributed by atoms with Crippen molar-refractivity contribution in [3.63, 3.8) is 0 Å². The van der Waals surface area contributed by atoms with Crippen LogP contribution in [0, 0.1) is 0 Å². The minimum absolute atomic E-state index is 0.0926. The lowest BCUT2D eigenvalue weighted by atomic mass is 9.92. The molecule has 1 aromatic heterocycles. The van der Waals surface area contributed by atoms with Crippen molar-refractivity contribution in [3.8, 4) is 0 Å². The molecule has 0 saturated heterocycles. The highest BCUT2D eigenvalue weighted by atomic mass is 35.5. The van der Waals surface area contributed by atoms with E-state index in [0.29, 0.717) is 6.54 Å². The van der Waals surface area contributed by atoms with Crippen LogP contribution in [0.2, 0.25) is 0 Å². The molecule has 18 heavy (non-hydrogen) atoms. The molecular weight excluding hydrogens is 277 g/mol. The third kappa shape index (κ3) is 1.40. The Bertz CT molecular complexity index is 588. The molecule has 1 fully saturated rings. The van der Waals surface area contributed by atoms with E-state index in [1.807, 2.05) is 6.92 Å². The van der Waals surface area contributed by atoms with Crippen LogP contribution >= 0.6 is 23.2 Å². The van der Waals surface area contributed by atoms with E-state index in [2.05, 4.69) is 0 Å². The fourth-order valence-electron chi connectivity index (χ4n) is 3.13. The van der Waals surface area contributed by atoms with Gasteiger partial charge in [-0.05, 0) is 19.3 Å². The van der Waals surface area contributed by atoms with Crippen molar-refractivity contribution in [2.24, 2.45) is 0 Å². The van der Waals surface area contributed by atoms with E-state index in [1.165, 1.54) is 13.9 Å². The summed E-state index contributed by atoms with van der Waals surface area (Å²) >= 11 is 12.6. The zero-order valence-electron chi connectivity index (χ0n) is 10.1. The van der Waals surface area contributed by atoms with Gasteiger partial charge in [0, 0.05) is 6.54 Å². The first-order valence-corrected chi connectivity index (χ1v) is 7.17. The summed E-state index contributed by atoms with van der Waals surface area (Å²) in [4.78, 5) is 24.6. The number of hydrogen-bond donors (Lipinski definition) is 0. The third-order valence-corrected chi connectivity index (χ3v) is 4.96. The molecule has 7 heteroatoms. The van der Waals surface area contributed by atoms with Crippen molar-refractivity contribution < 1.29 is 0 Å². The lowest BCUT2D eigenvalue weighted by Gasteiger charge is -2.27. The summed E-state index contributed by atoms with van der Waals surface area (Å²) in [5.74, 6) is 0. The molecule has 2 bridgehead atoms. The molecule has 1 aromatic rings. The Hall–Kier alpha value is -0.680. The van der Waals surface area contributed by atoms with E-state index in [4.69, 9.17) is 23.2 Å². The Morgan fingerprint density at radius 1 is 1.17 bits per heavy atom. The SMILES string of the molecule is CCCn1c(=O)n2n(c1=O)[C@@H]1C(Cl)[C@H]2CC[C@H]1Cl. The van der Waals surface area contributed by atoms with Gasteiger partial charge in [-0.3, -0.25) is 0 Å². The van der Waals surface area contributed by atoms with Crippen LogP contribution in [0.25, 0.3) is 0 Å². The molecule has 0 aromatic carbocycles. The number of alkyl halides is 2. The second-order valence-electron chi connectivity index (χ2n) is 5.00. The average Bonchev–Trinajstić information content (AvgIpc) is 2.67. The minimum atomic E-state index is -0.271. The first-order chi connectivity index (χ1) is 8.57. The van der Waals surface area contributed by atoms with Crippen LogP contribution in [-0.4, -0.2) is 24.7 Å². The summed E-state index contributed by atoms with van der Waals surface area (Å²) in [6, 6.07) is -0.352. The number of nitrogens with zero attached hydrogens (tertiary/aromatic N) is 3. The zero-order valence-corrected chi connectivity index (χ0v) is 11.6. The van der Waals surface area contributed by atoms with E-state index >= 15 is 0 Å². The van der Waals surface area contributed by atoms with Crippen LogP contribution in [-0.2, 0) is 6.54 Å². The Morgan fingerprint density at radius 3 is 2.50 bits per heavy atom. The molecule has 0 radical (unpaired) electrons. The van der Waals surface area contributed by atoms with Crippen molar-refractivity contribution in [1.82, 2.24) is 13.9 Å². The molecule has 1 unspecified atom stereocenters. The Morgan fingerprint density at radius 2 is 1.83 bits per heavy atom. The molecule has 100 valence electrons. The molecule has 1 aliphatic carbocycles. The highest BCUT2D eigenvalue weighted by Crippen LogP contribution is 2.45. The van der Waals surface area contributed by atoms with Crippen LogP contribution in [0.3, 0.4) is 0 Å². The van der Waals surface area contributed by atoms with Gasteiger partial charge in [0.2, 0.25) is 0 Å². The number of aromatic nitrogens is 3. The van der Waals surface area contributed by atoms with Crippen molar-refractivity contribution in [1.29, 1.82) is 0 Å². The van der Waals surface area contributed by atoms with E-state index < -0.39 is 0 Å². The molecule has 4 atom stereocenters. The molecule has 2 aliphatic rings. The van der Waals surface area contributed by atoms with Gasteiger partial charge in [-0.1, -0.05) is 6.92 Å². The molecule has 3 rings (SSSR count). The number of rotatable bonds is 2. The Labute approximate surface area is 114 Å². The maximum Gasteiger partial charge on any atom is 0.347 e. The predicted molar refractivity (Wildman–Crippen MR) is 69.8 cm³/mol. The lowest BCUT2D eigenvalue weighted by Crippen LogP contribution is -2.38. The summed E-state index contributed by atoms with van der Waals surface area (Å²) in [6.45, 7) is 2.39. The average molecular weight is 292 g/mol. The normalized spacial score (nSPS) is 33.7. The van der Waals surface area contributed by atoms with Gasteiger partial charge in [0.15, 0.2) is 0 Å². The predicted octanol–water partition coefficient (Wildman–Crippen LogP) is 1.33. The molecule has 0 spiro atoms. The highest BCUT2D eigenvalue weighted by molar-refractivity contribution is 6.24. The van der Waals surface area contributed by atoms with Gasteiger partial charge >= 0.3 is 11.4 Å². The first kappa shape index (κ1) is 12.4. The van der Waals surface area contributed by atoms with Crippen molar-refractivity contribution in [2.75, 3.05) is 0 Å². The standard InChI is InChI=1S/C11H15Cl2N3O2/c1-2-5-14-10(17)15-7-4-3-6(12)9(8(7)13)16(15)11(14)18/h6-9H,2-5H2,1H3/t6-,7-,8?,9+/m1/s1. The summed E-state index contributed by atoms with van der Waals surface area (Å²) in [7, 11) is 0. The molecular formula is C11H15Cl2N3O2. The molecule has 1 aliphatic heterocycles.